The summed E-state index contributed by atoms with van der Waals surface area (Å²) >= 11 is 12.0. The molecule has 1 aromatic heterocycles. The molecule has 2 rings (SSSR count). The highest BCUT2D eigenvalue weighted by Gasteiger charge is 2.21. The maximum atomic E-state index is 12.4. The maximum absolute atomic E-state index is 12.4. The molecule has 2 aromatic rings. The van der Waals surface area contributed by atoms with Crippen molar-refractivity contribution in [3.05, 3.63) is 34.3 Å². The van der Waals surface area contributed by atoms with Crippen molar-refractivity contribution in [2.24, 2.45) is 0 Å². The molecule has 1 aromatic carbocycles. The van der Waals surface area contributed by atoms with Crippen LogP contribution >= 0.6 is 23.2 Å². The molecule has 0 amide bonds. The molecule has 7 nitrogen and oxygen atoms in total. The fourth-order valence-electron chi connectivity index (χ4n) is 1.95. The summed E-state index contributed by atoms with van der Waals surface area (Å²) < 4.78 is 34.1. The SMILES string of the molecule is CCCn1cnnc1CNS(=O)(=O)c1cc(Cl)c(OC)cc1Cl. The number of rotatable bonds is 7. The number of nitrogens with one attached hydrogen (secondary N) is 1. The van der Waals surface area contributed by atoms with E-state index in [1.54, 1.807) is 10.9 Å². The first-order valence-corrected chi connectivity index (χ1v) is 9.02. The van der Waals surface area contributed by atoms with Gasteiger partial charge in [-0.3, -0.25) is 0 Å². The summed E-state index contributed by atoms with van der Waals surface area (Å²) in [6, 6.07) is 2.61. The summed E-state index contributed by atoms with van der Waals surface area (Å²) in [5, 5.41) is 7.87. The fraction of sp³-hybridized carbons (Fsp3) is 0.385. The second-order valence-electron chi connectivity index (χ2n) is 4.68. The number of hydrogen-bond acceptors (Lipinski definition) is 5. The van der Waals surface area contributed by atoms with Gasteiger partial charge in [0.1, 0.15) is 22.8 Å². The number of benzene rings is 1. The molecule has 0 unspecified atom stereocenters. The van der Waals surface area contributed by atoms with Crippen LogP contribution in [0.3, 0.4) is 0 Å². The summed E-state index contributed by atoms with van der Waals surface area (Å²) in [7, 11) is -2.43. The van der Waals surface area contributed by atoms with Crippen LogP contribution < -0.4 is 9.46 Å². The van der Waals surface area contributed by atoms with Gasteiger partial charge in [-0.15, -0.1) is 10.2 Å². The van der Waals surface area contributed by atoms with Crippen LogP contribution in [0.5, 0.6) is 5.75 Å². The van der Waals surface area contributed by atoms with E-state index in [2.05, 4.69) is 14.9 Å². The first kappa shape index (κ1) is 18.0. The van der Waals surface area contributed by atoms with Gasteiger partial charge >= 0.3 is 0 Å². The third-order valence-electron chi connectivity index (χ3n) is 3.08. The van der Waals surface area contributed by atoms with Gasteiger partial charge in [0.05, 0.1) is 23.7 Å². The minimum atomic E-state index is -3.85. The number of methoxy groups -OCH3 is 1. The third-order valence-corrected chi connectivity index (χ3v) is 5.24. The smallest absolute Gasteiger partial charge is 0.242 e. The molecule has 0 fully saturated rings. The molecule has 0 saturated carbocycles. The summed E-state index contributed by atoms with van der Waals surface area (Å²) in [4.78, 5) is -0.119. The largest absolute Gasteiger partial charge is 0.495 e. The molecule has 0 aliphatic rings. The van der Waals surface area contributed by atoms with Gasteiger partial charge in [-0.25, -0.2) is 13.1 Å². The van der Waals surface area contributed by atoms with E-state index in [0.717, 1.165) is 6.42 Å². The van der Waals surface area contributed by atoms with Crippen LogP contribution in [0.4, 0.5) is 0 Å². The normalized spacial score (nSPS) is 11.7. The number of ether oxygens (including phenoxy) is 1. The van der Waals surface area contributed by atoms with Gasteiger partial charge in [-0.2, -0.15) is 0 Å². The Hall–Kier alpha value is -1.35. The van der Waals surface area contributed by atoms with E-state index in [1.165, 1.54) is 19.2 Å². The Morgan fingerprint density at radius 2 is 2.04 bits per heavy atom. The van der Waals surface area contributed by atoms with Crippen molar-refractivity contribution in [3.8, 4) is 5.75 Å². The number of aryl methyl sites for hydroxylation is 1. The van der Waals surface area contributed by atoms with E-state index in [1.807, 2.05) is 6.92 Å². The topological polar surface area (TPSA) is 86.1 Å². The van der Waals surface area contributed by atoms with Crippen LogP contribution in [0.1, 0.15) is 19.2 Å². The molecule has 1 heterocycles. The second-order valence-corrected chi connectivity index (χ2v) is 7.23. The molecule has 10 heteroatoms. The van der Waals surface area contributed by atoms with Crippen LogP contribution in [0.25, 0.3) is 0 Å². The van der Waals surface area contributed by atoms with Crippen molar-refractivity contribution in [1.82, 2.24) is 19.5 Å². The van der Waals surface area contributed by atoms with Gasteiger partial charge in [0.2, 0.25) is 10.0 Å². The minimum Gasteiger partial charge on any atom is -0.495 e. The number of sulfonamides is 1. The first-order valence-electron chi connectivity index (χ1n) is 6.78. The van der Waals surface area contributed by atoms with Gasteiger partial charge in [-0.05, 0) is 12.5 Å². The van der Waals surface area contributed by atoms with E-state index < -0.39 is 10.0 Å². The minimum absolute atomic E-state index is 0.00229. The Morgan fingerprint density at radius 3 is 2.70 bits per heavy atom. The molecular formula is C13H16Cl2N4O3S. The molecule has 0 bridgehead atoms. The monoisotopic (exact) mass is 378 g/mol. The first-order chi connectivity index (χ1) is 10.9. The summed E-state index contributed by atoms with van der Waals surface area (Å²) in [6.07, 6.45) is 2.45. The lowest BCUT2D eigenvalue weighted by Gasteiger charge is -2.11. The van der Waals surface area contributed by atoms with E-state index in [4.69, 9.17) is 27.9 Å². The van der Waals surface area contributed by atoms with Gasteiger partial charge < -0.3 is 9.30 Å². The third kappa shape index (κ3) is 4.14. The maximum Gasteiger partial charge on any atom is 0.242 e. The number of halogens is 2. The van der Waals surface area contributed by atoms with Gasteiger partial charge in [-0.1, -0.05) is 30.1 Å². The molecule has 1 N–H and O–H groups in total. The Balaban J connectivity index is 2.22. The van der Waals surface area contributed by atoms with E-state index in [-0.39, 0.29) is 21.5 Å². The Labute approximate surface area is 144 Å². The second kappa shape index (κ2) is 7.48. The number of hydrogen-bond donors (Lipinski definition) is 1. The average Bonchev–Trinajstić information content (AvgIpc) is 2.95. The van der Waals surface area contributed by atoms with Crippen molar-refractivity contribution in [1.29, 1.82) is 0 Å². The lowest BCUT2D eigenvalue weighted by Crippen LogP contribution is -2.25. The van der Waals surface area contributed by atoms with Crippen LogP contribution in [-0.4, -0.2) is 30.3 Å². The zero-order valence-corrected chi connectivity index (χ0v) is 14.9. The molecular weight excluding hydrogens is 363 g/mol. The van der Waals surface area contributed by atoms with Crippen molar-refractivity contribution >= 4 is 33.2 Å². The zero-order valence-electron chi connectivity index (χ0n) is 12.6. The molecule has 0 aliphatic heterocycles. The molecule has 0 aliphatic carbocycles. The van der Waals surface area contributed by atoms with E-state index in [0.29, 0.717) is 18.1 Å². The van der Waals surface area contributed by atoms with Crippen molar-refractivity contribution in [2.75, 3.05) is 7.11 Å². The van der Waals surface area contributed by atoms with Crippen LogP contribution in [0.15, 0.2) is 23.4 Å². The Kier molecular flexibility index (Phi) is 5.85. The molecule has 0 atom stereocenters. The summed E-state index contributed by atoms with van der Waals surface area (Å²) in [5.41, 5.74) is 0. The Bertz CT molecular complexity index is 793. The molecule has 23 heavy (non-hydrogen) atoms. The predicted octanol–water partition coefficient (Wildman–Crippen LogP) is 2.48. The fourth-order valence-corrected chi connectivity index (χ4v) is 3.78. The molecule has 0 spiro atoms. The lowest BCUT2D eigenvalue weighted by atomic mass is 10.3. The van der Waals surface area contributed by atoms with Crippen molar-refractivity contribution in [3.63, 3.8) is 0 Å². The average molecular weight is 379 g/mol. The van der Waals surface area contributed by atoms with Crippen molar-refractivity contribution in [2.45, 2.75) is 31.3 Å². The molecule has 0 radical (unpaired) electrons. The standard InChI is InChI=1S/C13H16Cl2N4O3S/c1-3-4-19-8-16-18-13(19)7-17-23(20,21)12-6-9(14)11(22-2)5-10(12)15/h5-6,8,17H,3-4,7H2,1-2H3. The van der Waals surface area contributed by atoms with E-state index in [9.17, 15) is 8.42 Å². The highest BCUT2D eigenvalue weighted by atomic mass is 35.5. The van der Waals surface area contributed by atoms with E-state index >= 15 is 0 Å². The highest BCUT2D eigenvalue weighted by molar-refractivity contribution is 7.89. The quantitative estimate of drug-likeness (QED) is 0.799. The van der Waals surface area contributed by atoms with Gasteiger partial charge in [0.25, 0.3) is 0 Å². The molecule has 126 valence electrons. The number of aromatic nitrogens is 3. The zero-order chi connectivity index (χ0) is 17.0. The number of nitrogens with zero attached hydrogens (tertiary/aromatic N) is 3. The highest BCUT2D eigenvalue weighted by Crippen LogP contribution is 2.33. The van der Waals surface area contributed by atoms with Crippen LogP contribution in [0.2, 0.25) is 10.0 Å². The van der Waals surface area contributed by atoms with Crippen molar-refractivity contribution < 1.29 is 13.2 Å². The van der Waals surface area contributed by atoms with Crippen LogP contribution in [-0.2, 0) is 23.1 Å². The summed E-state index contributed by atoms with van der Waals surface area (Å²) in [6.45, 7) is 2.72. The molecule has 0 saturated heterocycles. The van der Waals surface area contributed by atoms with Gasteiger partial charge in [0.15, 0.2) is 0 Å². The van der Waals surface area contributed by atoms with Gasteiger partial charge in [0, 0.05) is 12.6 Å². The van der Waals surface area contributed by atoms with Crippen LogP contribution in [0, 0.1) is 0 Å². The lowest BCUT2D eigenvalue weighted by molar-refractivity contribution is 0.414. The summed E-state index contributed by atoms with van der Waals surface area (Å²) in [5.74, 6) is 0.824. The predicted molar refractivity (Wildman–Crippen MR) is 87.4 cm³/mol. The Morgan fingerprint density at radius 1 is 1.30 bits per heavy atom.